The Hall–Kier alpha value is -3.20. The van der Waals surface area contributed by atoms with Crippen LogP contribution in [-0.4, -0.2) is 60.3 Å². The number of aromatic amines is 1. The molecule has 30 heavy (non-hydrogen) atoms. The molecule has 0 aromatic carbocycles. The highest BCUT2D eigenvalue weighted by Gasteiger charge is 2.28. The molecule has 1 aliphatic heterocycles. The molecule has 1 unspecified atom stereocenters. The third-order valence-electron chi connectivity index (χ3n) is 5.27. The van der Waals surface area contributed by atoms with Gasteiger partial charge in [-0.05, 0) is 24.6 Å². The van der Waals surface area contributed by atoms with Crippen molar-refractivity contribution in [2.75, 3.05) is 44.2 Å². The van der Waals surface area contributed by atoms with Crippen molar-refractivity contribution in [1.82, 2.24) is 15.1 Å². The van der Waals surface area contributed by atoms with Gasteiger partial charge in [0.2, 0.25) is 0 Å². The van der Waals surface area contributed by atoms with Crippen LogP contribution in [0.25, 0.3) is 11.7 Å². The maximum absolute atomic E-state index is 12.9. The smallest absolute Gasteiger partial charge is 0.283 e. The summed E-state index contributed by atoms with van der Waals surface area (Å²) in [6, 6.07) is 9.61. The first kappa shape index (κ1) is 20.1. The Balaban J connectivity index is 1.31. The van der Waals surface area contributed by atoms with E-state index in [9.17, 15) is 4.79 Å². The maximum atomic E-state index is 12.9. The molecule has 1 atom stereocenters. The molecule has 0 aliphatic carbocycles. The van der Waals surface area contributed by atoms with E-state index in [-0.39, 0.29) is 5.91 Å². The summed E-state index contributed by atoms with van der Waals surface area (Å²) >= 11 is 0. The molecule has 1 amide bonds. The maximum Gasteiger partial charge on any atom is 0.283 e. The summed E-state index contributed by atoms with van der Waals surface area (Å²) in [5.41, 5.74) is 0. The van der Waals surface area contributed by atoms with Crippen molar-refractivity contribution in [3.8, 4) is 11.7 Å². The summed E-state index contributed by atoms with van der Waals surface area (Å²) in [5, 5.41) is 8.18. The number of anilines is 1. The van der Waals surface area contributed by atoms with Gasteiger partial charge in [0, 0.05) is 6.07 Å². The van der Waals surface area contributed by atoms with E-state index < -0.39 is 0 Å². The molecule has 1 aliphatic rings. The van der Waals surface area contributed by atoms with Crippen LogP contribution in [0.15, 0.2) is 51.6 Å². The van der Waals surface area contributed by atoms with Crippen molar-refractivity contribution in [2.24, 2.45) is 0 Å². The lowest BCUT2D eigenvalue weighted by Gasteiger charge is -2.31. The van der Waals surface area contributed by atoms with Crippen LogP contribution in [0.4, 0.5) is 5.82 Å². The van der Waals surface area contributed by atoms with Crippen molar-refractivity contribution in [1.29, 1.82) is 0 Å². The van der Waals surface area contributed by atoms with E-state index >= 15 is 0 Å². The predicted octanol–water partition coefficient (Wildman–Crippen LogP) is 0.287. The number of nitrogens with zero attached hydrogens (tertiary/aromatic N) is 4. The summed E-state index contributed by atoms with van der Waals surface area (Å²) in [5.74, 6) is 2.69. The monoisotopic (exact) mass is 412 g/mol. The van der Waals surface area contributed by atoms with Gasteiger partial charge in [-0.1, -0.05) is 13.0 Å². The minimum atomic E-state index is 0.168. The van der Waals surface area contributed by atoms with Gasteiger partial charge < -0.3 is 18.6 Å². The van der Waals surface area contributed by atoms with E-state index in [1.807, 2.05) is 23.2 Å². The van der Waals surface area contributed by atoms with Gasteiger partial charge in [-0.3, -0.25) is 9.69 Å². The summed E-state index contributed by atoms with van der Waals surface area (Å²) in [7, 11) is 0. The van der Waals surface area contributed by atoms with Crippen LogP contribution in [0.5, 0.6) is 0 Å². The summed E-state index contributed by atoms with van der Waals surface area (Å²) in [6.45, 7) is 7.02. The number of nitrogens with one attached hydrogen (secondary N) is 2. The largest absolute Gasteiger partial charge is 0.459 e. The third kappa shape index (κ3) is 4.85. The number of quaternary nitrogens is 1. The second kappa shape index (κ2) is 9.53. The van der Waals surface area contributed by atoms with Crippen molar-refractivity contribution in [2.45, 2.75) is 19.9 Å². The number of amides is 1. The normalized spacial score (nSPS) is 15.4. The molecular formula is C21H28N6O3+2. The SMILES string of the molecule is CCC[NH+](CC(=O)N1CCN(c2cccc[nH+]2)CC1)Cc1nnc(-c2ccco2)o1. The van der Waals surface area contributed by atoms with Gasteiger partial charge in [-0.2, -0.15) is 0 Å². The lowest BCUT2D eigenvalue weighted by Crippen LogP contribution is -3.12. The molecule has 4 rings (SSSR count). The second-order valence-corrected chi connectivity index (χ2v) is 7.45. The molecule has 1 saturated heterocycles. The van der Waals surface area contributed by atoms with Crippen LogP contribution in [0.2, 0.25) is 0 Å². The Morgan fingerprint density at radius 3 is 2.73 bits per heavy atom. The van der Waals surface area contributed by atoms with E-state index in [4.69, 9.17) is 8.83 Å². The van der Waals surface area contributed by atoms with Gasteiger partial charge in [0.25, 0.3) is 23.5 Å². The zero-order chi connectivity index (χ0) is 20.8. The van der Waals surface area contributed by atoms with Crippen LogP contribution in [0, 0.1) is 0 Å². The van der Waals surface area contributed by atoms with Crippen LogP contribution in [0.3, 0.4) is 0 Å². The van der Waals surface area contributed by atoms with Gasteiger partial charge in [0.15, 0.2) is 18.8 Å². The zero-order valence-electron chi connectivity index (χ0n) is 17.2. The molecule has 1 fully saturated rings. The molecule has 3 aromatic heterocycles. The van der Waals surface area contributed by atoms with Gasteiger partial charge in [0.1, 0.15) is 13.1 Å². The number of piperazine rings is 1. The quantitative estimate of drug-likeness (QED) is 0.572. The number of carbonyl (C=O) groups is 1. The first-order valence-corrected chi connectivity index (χ1v) is 10.4. The van der Waals surface area contributed by atoms with E-state index in [1.165, 1.54) is 0 Å². The summed E-state index contributed by atoms with van der Waals surface area (Å²) < 4.78 is 11.0. The van der Waals surface area contributed by atoms with Crippen LogP contribution in [-0.2, 0) is 11.3 Å². The molecule has 2 N–H and O–H groups in total. The molecule has 3 aromatic rings. The fourth-order valence-corrected chi connectivity index (χ4v) is 3.73. The number of aromatic nitrogens is 3. The molecule has 0 bridgehead atoms. The van der Waals surface area contributed by atoms with E-state index in [0.29, 0.717) is 30.6 Å². The highest BCUT2D eigenvalue weighted by molar-refractivity contribution is 5.77. The van der Waals surface area contributed by atoms with E-state index in [1.54, 1.807) is 18.4 Å². The standard InChI is InChI=1S/C21H26N6O3/c1-2-9-25(15-19-23-24-21(30-19)17-6-5-14-29-17)16-20(28)27-12-10-26(11-13-27)18-7-3-4-8-22-18/h3-8,14H,2,9-13,15-16H2,1H3/p+2. The Kier molecular flexibility index (Phi) is 6.38. The van der Waals surface area contributed by atoms with Gasteiger partial charge in [-0.15, -0.1) is 10.2 Å². The highest BCUT2D eigenvalue weighted by Crippen LogP contribution is 2.17. The summed E-state index contributed by atoms with van der Waals surface area (Å²) in [6.07, 6.45) is 4.47. The number of hydrogen-bond acceptors (Lipinski definition) is 6. The molecule has 158 valence electrons. The minimum Gasteiger partial charge on any atom is -0.459 e. The zero-order valence-corrected chi connectivity index (χ0v) is 17.2. The molecule has 0 radical (unpaired) electrons. The number of rotatable bonds is 8. The van der Waals surface area contributed by atoms with E-state index in [2.05, 4.69) is 33.1 Å². The fraction of sp³-hybridized carbons (Fsp3) is 0.429. The van der Waals surface area contributed by atoms with Gasteiger partial charge in [-0.25, -0.2) is 4.98 Å². The molecule has 9 heteroatoms. The average molecular weight is 412 g/mol. The Morgan fingerprint density at radius 1 is 1.17 bits per heavy atom. The van der Waals surface area contributed by atoms with Crippen molar-refractivity contribution < 1.29 is 23.5 Å². The number of pyridine rings is 1. The lowest BCUT2D eigenvalue weighted by molar-refractivity contribution is -0.907. The van der Waals surface area contributed by atoms with Gasteiger partial charge in [0.05, 0.1) is 32.1 Å². The Morgan fingerprint density at radius 2 is 2.03 bits per heavy atom. The highest BCUT2D eigenvalue weighted by atomic mass is 16.4. The van der Waals surface area contributed by atoms with Crippen molar-refractivity contribution >= 4 is 11.7 Å². The molecule has 9 nitrogen and oxygen atoms in total. The predicted molar refractivity (Wildman–Crippen MR) is 108 cm³/mol. The molecule has 4 heterocycles. The van der Waals surface area contributed by atoms with Crippen molar-refractivity contribution in [3.63, 3.8) is 0 Å². The topological polar surface area (TPSA) is 94.2 Å². The number of furan rings is 1. The third-order valence-corrected chi connectivity index (χ3v) is 5.27. The van der Waals surface area contributed by atoms with Crippen LogP contribution < -0.4 is 14.8 Å². The van der Waals surface area contributed by atoms with Gasteiger partial charge >= 0.3 is 0 Å². The number of hydrogen-bond donors (Lipinski definition) is 1. The van der Waals surface area contributed by atoms with Crippen molar-refractivity contribution in [3.05, 3.63) is 48.7 Å². The lowest BCUT2D eigenvalue weighted by atomic mass is 10.3. The molecule has 0 spiro atoms. The minimum absolute atomic E-state index is 0.168. The first-order chi connectivity index (χ1) is 14.7. The number of carbonyl (C=O) groups excluding carboxylic acids is 1. The molecule has 0 saturated carbocycles. The molecular weight excluding hydrogens is 384 g/mol. The Labute approximate surface area is 175 Å². The van der Waals surface area contributed by atoms with Crippen LogP contribution >= 0.6 is 0 Å². The fourth-order valence-electron chi connectivity index (χ4n) is 3.73. The van der Waals surface area contributed by atoms with E-state index in [0.717, 1.165) is 49.9 Å². The summed E-state index contributed by atoms with van der Waals surface area (Å²) in [4.78, 5) is 21.5. The number of H-pyrrole nitrogens is 1. The second-order valence-electron chi connectivity index (χ2n) is 7.45. The Bertz CT molecular complexity index is 919. The first-order valence-electron chi connectivity index (χ1n) is 10.4. The van der Waals surface area contributed by atoms with Crippen LogP contribution in [0.1, 0.15) is 19.2 Å². The average Bonchev–Trinajstić information content (AvgIpc) is 3.47.